The molecular weight excluding hydrogens is 506 g/mol. The van der Waals surface area contributed by atoms with Crippen molar-refractivity contribution < 1.29 is 14.2 Å². The number of hydrogen-bond donors (Lipinski definition) is 1. The van der Waals surface area contributed by atoms with E-state index in [1.807, 2.05) is 24.3 Å². The Balaban J connectivity index is 2.53. The Morgan fingerprint density at radius 1 is 0.812 bits per heavy atom. The van der Waals surface area contributed by atoms with Crippen molar-refractivity contribution in [1.29, 1.82) is 0 Å². The van der Waals surface area contributed by atoms with Crippen LogP contribution in [-0.4, -0.2) is 36.8 Å². The topological polar surface area (TPSA) is 29.5 Å². The zero-order valence-corrected chi connectivity index (χ0v) is 22.9. The summed E-state index contributed by atoms with van der Waals surface area (Å²) in [6.07, 6.45) is 7.40. The Bertz CT molecular complexity index is 845. The summed E-state index contributed by atoms with van der Waals surface area (Å²) < 4.78 is 24.3. The van der Waals surface area contributed by atoms with Crippen LogP contribution in [0.2, 0.25) is 13.3 Å². The van der Waals surface area contributed by atoms with Crippen LogP contribution in [0.1, 0.15) is 70.4 Å². The molecule has 1 N–H and O–H groups in total. The van der Waals surface area contributed by atoms with Crippen molar-refractivity contribution in [2.45, 2.75) is 72.6 Å². The van der Waals surface area contributed by atoms with Gasteiger partial charge in [0.15, 0.2) is 0 Å². The maximum atomic E-state index is 13.0. The van der Waals surface area contributed by atoms with Gasteiger partial charge in [-0.15, -0.1) is 0 Å². The first-order chi connectivity index (χ1) is 15.6. The molecule has 2 aromatic rings. The number of alkyl halides is 1. The van der Waals surface area contributed by atoms with Crippen molar-refractivity contribution in [1.82, 2.24) is 0 Å². The average molecular weight is 545 g/mol. The molecule has 0 aliphatic heterocycles. The van der Waals surface area contributed by atoms with Gasteiger partial charge in [0.05, 0.1) is 0 Å². The molecule has 0 spiro atoms. The number of halogens is 1. The van der Waals surface area contributed by atoms with Crippen LogP contribution in [0.25, 0.3) is 0 Å². The number of benzene rings is 2. The fourth-order valence-electron chi connectivity index (χ4n) is 4.31. The standard InChI is InChI=1S/C16H12FO2.3C4H9.Sn/c17-11-12-19-16-9-5-14(6-10-16)2-1-13-3-7-15(18)8-4-13;3*1-3-4-2;/h3-9,18H,11-12H2;3*1,3-4H2,2H3;. The first-order valence-electron chi connectivity index (χ1n) is 12.2. The molecule has 174 valence electrons. The van der Waals surface area contributed by atoms with Gasteiger partial charge >= 0.3 is 199 Å². The van der Waals surface area contributed by atoms with Gasteiger partial charge < -0.3 is 0 Å². The van der Waals surface area contributed by atoms with Gasteiger partial charge in [0, 0.05) is 0 Å². The predicted molar refractivity (Wildman–Crippen MR) is 137 cm³/mol. The molecule has 0 unspecified atom stereocenters. The van der Waals surface area contributed by atoms with E-state index in [0.29, 0.717) is 0 Å². The van der Waals surface area contributed by atoms with Crippen LogP contribution in [0, 0.1) is 11.8 Å². The fourth-order valence-corrected chi connectivity index (χ4v) is 20.8. The van der Waals surface area contributed by atoms with Gasteiger partial charge in [0.2, 0.25) is 0 Å². The van der Waals surface area contributed by atoms with Gasteiger partial charge in [0.25, 0.3) is 0 Å². The Hall–Kier alpha value is -1.67. The first-order valence-corrected chi connectivity index (χ1v) is 19.7. The minimum absolute atomic E-state index is 0.114. The van der Waals surface area contributed by atoms with E-state index in [-0.39, 0.29) is 12.4 Å². The van der Waals surface area contributed by atoms with Gasteiger partial charge in [0.1, 0.15) is 0 Å². The van der Waals surface area contributed by atoms with Crippen LogP contribution in [0.3, 0.4) is 0 Å². The molecule has 0 atom stereocenters. The summed E-state index contributed by atoms with van der Waals surface area (Å²) in [7, 11) is 0. The summed E-state index contributed by atoms with van der Waals surface area (Å²) in [4.78, 5) is 0. The van der Waals surface area contributed by atoms with Crippen molar-refractivity contribution in [3.63, 3.8) is 0 Å². The molecule has 0 bridgehead atoms. The van der Waals surface area contributed by atoms with E-state index in [1.165, 1.54) is 55.4 Å². The third-order valence-electron chi connectivity index (χ3n) is 6.13. The van der Waals surface area contributed by atoms with Gasteiger partial charge in [-0.1, -0.05) is 0 Å². The second-order valence-corrected chi connectivity index (χ2v) is 21.8. The summed E-state index contributed by atoms with van der Waals surface area (Å²) in [6.45, 7) is 6.47. The molecule has 0 heterocycles. The Morgan fingerprint density at radius 2 is 1.34 bits per heavy atom. The average Bonchev–Trinajstić information content (AvgIpc) is 2.82. The first kappa shape index (κ1) is 26.6. The van der Waals surface area contributed by atoms with Crippen LogP contribution in [-0.2, 0) is 0 Å². The van der Waals surface area contributed by atoms with E-state index in [1.54, 1.807) is 12.1 Å². The normalized spacial score (nSPS) is 11.1. The van der Waals surface area contributed by atoms with E-state index >= 15 is 0 Å². The van der Waals surface area contributed by atoms with Crippen molar-refractivity contribution in [2.75, 3.05) is 13.3 Å². The van der Waals surface area contributed by atoms with Crippen LogP contribution in [0.5, 0.6) is 11.5 Å². The number of phenolic OH excluding ortho intramolecular Hbond substituents is 1. The van der Waals surface area contributed by atoms with Gasteiger partial charge in [-0.2, -0.15) is 0 Å². The van der Waals surface area contributed by atoms with E-state index in [0.717, 1.165) is 16.9 Å². The molecule has 0 fully saturated rings. The number of ether oxygens (including phenoxy) is 1. The molecule has 4 heteroatoms. The number of aromatic hydroxyl groups is 1. The third kappa shape index (κ3) is 8.03. The summed E-state index contributed by atoms with van der Waals surface area (Å²) in [5.41, 5.74) is 1.87. The summed E-state index contributed by atoms with van der Waals surface area (Å²) in [5.74, 6) is 7.68. The van der Waals surface area contributed by atoms with Crippen LogP contribution < -0.4 is 8.32 Å². The Labute approximate surface area is 198 Å². The van der Waals surface area contributed by atoms with Gasteiger partial charge in [-0.25, -0.2) is 0 Å². The van der Waals surface area contributed by atoms with E-state index in [2.05, 4.69) is 38.7 Å². The third-order valence-corrected chi connectivity index (χ3v) is 21.7. The maximum absolute atomic E-state index is 13.0. The number of unbranched alkanes of at least 4 members (excludes halogenated alkanes) is 3. The second-order valence-electron chi connectivity index (χ2n) is 8.64. The molecular formula is C28H39FO2Sn. The van der Waals surface area contributed by atoms with Crippen molar-refractivity contribution in [2.24, 2.45) is 0 Å². The molecule has 2 aromatic carbocycles. The molecule has 0 saturated carbocycles. The molecule has 0 saturated heterocycles. The summed E-state index contributed by atoms with van der Waals surface area (Å²) >= 11 is -2.77. The summed E-state index contributed by atoms with van der Waals surface area (Å²) in [6, 6.07) is 13.3. The molecule has 2 nitrogen and oxygen atoms in total. The zero-order chi connectivity index (χ0) is 23.2. The monoisotopic (exact) mass is 546 g/mol. The van der Waals surface area contributed by atoms with Crippen LogP contribution in [0.15, 0.2) is 42.5 Å². The molecule has 0 aliphatic rings. The van der Waals surface area contributed by atoms with Crippen LogP contribution >= 0.6 is 0 Å². The van der Waals surface area contributed by atoms with Gasteiger partial charge in [-0.3, -0.25) is 0 Å². The summed E-state index contributed by atoms with van der Waals surface area (Å²) in [5, 5.41) is 9.50. The van der Waals surface area contributed by atoms with Crippen molar-refractivity contribution in [3.05, 3.63) is 53.6 Å². The van der Waals surface area contributed by atoms with E-state index in [4.69, 9.17) is 4.74 Å². The van der Waals surface area contributed by atoms with E-state index < -0.39 is 25.1 Å². The Kier molecular flexibility index (Phi) is 12.0. The second kappa shape index (κ2) is 14.5. The molecule has 0 aromatic heterocycles. The predicted octanol–water partition coefficient (Wildman–Crippen LogP) is 7.20. The molecule has 0 radical (unpaired) electrons. The number of rotatable bonds is 13. The van der Waals surface area contributed by atoms with E-state index in [9.17, 15) is 9.50 Å². The number of phenols is 1. The molecule has 0 aliphatic carbocycles. The quantitative estimate of drug-likeness (QED) is 0.213. The number of hydrogen-bond acceptors (Lipinski definition) is 2. The Morgan fingerprint density at radius 3 is 1.88 bits per heavy atom. The van der Waals surface area contributed by atoms with Crippen LogP contribution in [0.4, 0.5) is 4.39 Å². The fraction of sp³-hybridized carbons (Fsp3) is 0.500. The SMILES string of the molecule is CCC[CH2][Sn]([CH2]CCC)([CH2]CCC)[c]1cc(C#Cc2ccc(O)cc2)ccc1OCCF. The van der Waals surface area contributed by atoms with Gasteiger partial charge in [-0.05, 0) is 0 Å². The molecule has 2 rings (SSSR count). The molecule has 32 heavy (non-hydrogen) atoms. The minimum atomic E-state index is -2.77. The zero-order valence-electron chi connectivity index (χ0n) is 20.1. The van der Waals surface area contributed by atoms with Crippen molar-refractivity contribution in [3.8, 4) is 23.3 Å². The molecule has 0 amide bonds. The van der Waals surface area contributed by atoms with Crippen molar-refractivity contribution >= 4 is 22.0 Å².